The predicted molar refractivity (Wildman–Crippen MR) is 100 cm³/mol. The van der Waals surface area contributed by atoms with E-state index in [0.717, 1.165) is 0 Å². The molecular weight excluding hydrogens is 350 g/mol. The van der Waals surface area contributed by atoms with E-state index in [4.69, 9.17) is 9.47 Å². The molecule has 2 aromatic heterocycles. The van der Waals surface area contributed by atoms with Crippen LogP contribution < -0.4 is 10.2 Å². The van der Waals surface area contributed by atoms with E-state index in [-0.39, 0.29) is 12.6 Å². The van der Waals surface area contributed by atoms with E-state index in [2.05, 4.69) is 15.4 Å². The monoisotopic (exact) mass is 375 g/mol. The molecule has 0 aliphatic carbocycles. The summed E-state index contributed by atoms with van der Waals surface area (Å²) in [6, 6.07) is 1.77. The van der Waals surface area contributed by atoms with Gasteiger partial charge in [-0.15, -0.1) is 5.10 Å². The van der Waals surface area contributed by atoms with Gasteiger partial charge in [0, 0.05) is 19.7 Å². The zero-order valence-electron chi connectivity index (χ0n) is 16.3. The molecule has 0 saturated carbocycles. The fraction of sp³-hybridized carbons (Fsp3) is 0.556. The lowest BCUT2D eigenvalue weighted by Gasteiger charge is -2.34. The summed E-state index contributed by atoms with van der Waals surface area (Å²) in [4.78, 5) is 31.1. The molecule has 0 aromatic carbocycles. The summed E-state index contributed by atoms with van der Waals surface area (Å²) < 4.78 is 12.4. The second-order valence-electron chi connectivity index (χ2n) is 7.30. The van der Waals surface area contributed by atoms with Crippen LogP contribution in [0, 0.1) is 0 Å². The molecule has 1 N–H and O–H groups in total. The van der Waals surface area contributed by atoms with Crippen molar-refractivity contribution in [2.24, 2.45) is 0 Å². The number of carbonyl (C=O) groups is 2. The summed E-state index contributed by atoms with van der Waals surface area (Å²) in [5.41, 5.74) is 1.04. The summed E-state index contributed by atoms with van der Waals surface area (Å²) in [6.07, 6.45) is 1.52. The number of nitrogens with zero attached hydrogens (tertiary/aromatic N) is 4. The number of nitrogens with one attached hydrogen (secondary N) is 1. The lowest BCUT2D eigenvalue weighted by atomic mass is 9.95. The molecule has 1 amide bonds. The van der Waals surface area contributed by atoms with Crippen molar-refractivity contribution >= 4 is 29.2 Å². The predicted octanol–water partition coefficient (Wildman–Crippen LogP) is 2.56. The van der Waals surface area contributed by atoms with Crippen molar-refractivity contribution in [2.75, 3.05) is 30.4 Å². The molecule has 3 rings (SSSR count). The van der Waals surface area contributed by atoms with Gasteiger partial charge in [0.2, 0.25) is 0 Å². The summed E-state index contributed by atoms with van der Waals surface area (Å²) in [5.74, 6) is -0.252. The molecule has 9 heteroatoms. The number of hydrogen-bond donors (Lipinski definition) is 1. The first-order chi connectivity index (χ1) is 12.7. The number of rotatable bonds is 3. The van der Waals surface area contributed by atoms with Crippen LogP contribution in [0.3, 0.4) is 0 Å². The number of amides is 1. The van der Waals surface area contributed by atoms with E-state index in [1.165, 1.54) is 4.90 Å². The summed E-state index contributed by atoms with van der Waals surface area (Å²) in [7, 11) is 1.75. The molecule has 3 heterocycles. The third-order valence-corrected chi connectivity index (χ3v) is 4.20. The molecule has 0 saturated heterocycles. The summed E-state index contributed by atoms with van der Waals surface area (Å²) >= 11 is 0. The summed E-state index contributed by atoms with van der Waals surface area (Å²) in [6.45, 7) is 7.82. The Hall–Kier alpha value is -2.84. The van der Waals surface area contributed by atoms with Crippen molar-refractivity contribution in [3.05, 3.63) is 18.0 Å². The largest absolute Gasteiger partial charge is 0.465 e. The van der Waals surface area contributed by atoms with Gasteiger partial charge in [0.15, 0.2) is 5.65 Å². The van der Waals surface area contributed by atoms with Crippen molar-refractivity contribution in [3.8, 4) is 0 Å². The fourth-order valence-corrected chi connectivity index (χ4v) is 3.09. The van der Waals surface area contributed by atoms with Crippen LogP contribution in [0.2, 0.25) is 0 Å². The highest BCUT2D eigenvalue weighted by Crippen LogP contribution is 2.37. The smallest absolute Gasteiger partial charge is 0.414 e. The molecule has 146 valence electrons. The van der Waals surface area contributed by atoms with E-state index in [9.17, 15) is 9.59 Å². The second-order valence-corrected chi connectivity index (χ2v) is 7.30. The van der Waals surface area contributed by atoms with E-state index < -0.39 is 17.6 Å². The number of esters is 1. The third-order valence-electron chi connectivity index (χ3n) is 4.20. The molecule has 2 aromatic rings. The SMILES string of the molecule is CCOC(=O)C1CCN(C(=O)OC(C)(C)C)c2cnc3cc(NC)nn3c21. The molecule has 0 spiro atoms. The summed E-state index contributed by atoms with van der Waals surface area (Å²) in [5, 5.41) is 7.43. The van der Waals surface area contributed by atoms with Gasteiger partial charge in [0.1, 0.15) is 17.3 Å². The fourth-order valence-electron chi connectivity index (χ4n) is 3.09. The van der Waals surface area contributed by atoms with Crippen LogP contribution in [0.1, 0.15) is 45.7 Å². The Morgan fingerprint density at radius 2 is 2.11 bits per heavy atom. The number of aromatic nitrogens is 3. The highest BCUT2D eigenvalue weighted by atomic mass is 16.6. The lowest BCUT2D eigenvalue weighted by molar-refractivity contribution is -0.145. The topological polar surface area (TPSA) is 98.1 Å². The quantitative estimate of drug-likeness (QED) is 0.823. The molecule has 1 aliphatic rings. The molecule has 1 atom stereocenters. The molecule has 1 unspecified atom stereocenters. The zero-order chi connectivity index (χ0) is 19.8. The Kier molecular flexibility index (Phi) is 4.95. The van der Waals surface area contributed by atoms with Crippen LogP contribution >= 0.6 is 0 Å². The average molecular weight is 375 g/mol. The Bertz CT molecular complexity index is 870. The highest BCUT2D eigenvalue weighted by Gasteiger charge is 2.38. The lowest BCUT2D eigenvalue weighted by Crippen LogP contribution is -2.42. The Morgan fingerprint density at radius 1 is 1.37 bits per heavy atom. The maximum absolute atomic E-state index is 12.7. The van der Waals surface area contributed by atoms with Crippen molar-refractivity contribution in [3.63, 3.8) is 0 Å². The maximum Gasteiger partial charge on any atom is 0.414 e. The average Bonchev–Trinajstić information content (AvgIpc) is 3.02. The van der Waals surface area contributed by atoms with Gasteiger partial charge in [-0.1, -0.05) is 0 Å². The second kappa shape index (κ2) is 7.05. The van der Waals surface area contributed by atoms with E-state index in [0.29, 0.717) is 35.8 Å². The molecule has 9 nitrogen and oxygen atoms in total. The Morgan fingerprint density at radius 3 is 2.74 bits per heavy atom. The molecule has 27 heavy (non-hydrogen) atoms. The van der Waals surface area contributed by atoms with Crippen LogP contribution in [0.15, 0.2) is 12.3 Å². The molecule has 0 bridgehead atoms. The van der Waals surface area contributed by atoms with Gasteiger partial charge < -0.3 is 14.8 Å². The third kappa shape index (κ3) is 3.67. The van der Waals surface area contributed by atoms with Gasteiger partial charge in [-0.2, -0.15) is 0 Å². The number of fused-ring (bicyclic) bond motifs is 3. The number of carbonyl (C=O) groups excluding carboxylic acids is 2. The normalized spacial score (nSPS) is 16.8. The van der Waals surface area contributed by atoms with E-state index in [1.54, 1.807) is 30.8 Å². The minimum atomic E-state index is -0.627. The maximum atomic E-state index is 12.7. The minimum absolute atomic E-state index is 0.287. The first-order valence-corrected chi connectivity index (χ1v) is 8.98. The van der Waals surface area contributed by atoms with Crippen molar-refractivity contribution in [1.82, 2.24) is 14.6 Å². The minimum Gasteiger partial charge on any atom is -0.465 e. The molecule has 0 radical (unpaired) electrons. The van der Waals surface area contributed by atoms with Crippen LogP contribution in [0.5, 0.6) is 0 Å². The Balaban J connectivity index is 2.11. The van der Waals surface area contributed by atoms with Crippen molar-refractivity contribution < 1.29 is 19.1 Å². The van der Waals surface area contributed by atoms with Crippen LogP contribution in [0.25, 0.3) is 5.65 Å². The first-order valence-electron chi connectivity index (χ1n) is 8.98. The first kappa shape index (κ1) is 18.9. The van der Waals surface area contributed by atoms with Gasteiger partial charge in [0.05, 0.1) is 24.2 Å². The van der Waals surface area contributed by atoms with E-state index >= 15 is 0 Å². The number of ether oxygens (including phenoxy) is 2. The van der Waals surface area contributed by atoms with Crippen LogP contribution in [-0.4, -0.2) is 52.5 Å². The van der Waals surface area contributed by atoms with Crippen molar-refractivity contribution in [1.29, 1.82) is 0 Å². The van der Waals surface area contributed by atoms with Gasteiger partial charge in [-0.25, -0.2) is 14.3 Å². The van der Waals surface area contributed by atoms with Gasteiger partial charge in [0.25, 0.3) is 0 Å². The van der Waals surface area contributed by atoms with Gasteiger partial charge >= 0.3 is 12.1 Å². The van der Waals surface area contributed by atoms with E-state index in [1.807, 2.05) is 20.8 Å². The van der Waals surface area contributed by atoms with Gasteiger partial charge in [-0.05, 0) is 34.1 Å². The van der Waals surface area contributed by atoms with Crippen molar-refractivity contribution in [2.45, 2.75) is 45.6 Å². The number of anilines is 2. The standard InChI is InChI=1S/C18H25N5O4/c1-6-26-16(24)11-7-8-22(17(25)27-18(2,3)4)12-10-20-14-9-13(19-5)21-23(14)15(11)12/h9-11H,6-8H2,1-5H3,(H,19,21). The zero-order valence-corrected chi connectivity index (χ0v) is 16.3. The van der Waals surface area contributed by atoms with Crippen LogP contribution in [-0.2, 0) is 14.3 Å². The highest BCUT2D eigenvalue weighted by molar-refractivity contribution is 5.92. The van der Waals surface area contributed by atoms with Gasteiger partial charge in [-0.3, -0.25) is 9.69 Å². The van der Waals surface area contributed by atoms with Crippen LogP contribution in [0.4, 0.5) is 16.3 Å². The molecule has 0 fully saturated rings. The Labute approximate surface area is 157 Å². The number of hydrogen-bond acceptors (Lipinski definition) is 7. The molecule has 1 aliphatic heterocycles. The molecular formula is C18H25N5O4.